The van der Waals surface area contributed by atoms with Crippen molar-refractivity contribution in [2.24, 2.45) is 0 Å². The molecule has 0 spiro atoms. The fourth-order valence-electron chi connectivity index (χ4n) is 1.99. The van der Waals surface area contributed by atoms with Gasteiger partial charge in [-0.15, -0.1) is 11.8 Å². The van der Waals surface area contributed by atoms with Crippen LogP contribution < -0.4 is 5.32 Å². The van der Waals surface area contributed by atoms with Gasteiger partial charge in [0.15, 0.2) is 0 Å². The molecule has 1 aliphatic heterocycles. The van der Waals surface area contributed by atoms with Gasteiger partial charge in [-0.3, -0.25) is 14.9 Å². The molecular formula is C14H16FNO2S. The predicted molar refractivity (Wildman–Crippen MR) is 72.5 cm³/mol. The molecule has 1 unspecified atom stereocenters. The Morgan fingerprint density at radius 1 is 1.37 bits per heavy atom. The number of thioether (sulfide) groups is 1. The number of piperidine rings is 1. The maximum absolute atomic E-state index is 13.6. The molecule has 1 aromatic carbocycles. The van der Waals surface area contributed by atoms with Crippen molar-refractivity contribution in [2.45, 2.75) is 42.8 Å². The number of carbonyl (C=O) groups excluding carboxylic acids is 2. The Bertz CT molecular complexity index is 516. The van der Waals surface area contributed by atoms with Crippen LogP contribution in [0.25, 0.3) is 0 Å². The second kappa shape index (κ2) is 5.74. The summed E-state index contributed by atoms with van der Waals surface area (Å²) in [5.41, 5.74) is 0.650. The lowest BCUT2D eigenvalue weighted by molar-refractivity contribution is -0.132. The average molecular weight is 281 g/mol. The highest BCUT2D eigenvalue weighted by atomic mass is 32.2. The molecule has 0 aromatic heterocycles. The minimum Gasteiger partial charge on any atom is -0.295 e. The maximum atomic E-state index is 13.6. The highest BCUT2D eigenvalue weighted by molar-refractivity contribution is 8.00. The quantitative estimate of drug-likeness (QED) is 0.867. The van der Waals surface area contributed by atoms with Gasteiger partial charge >= 0.3 is 0 Å². The lowest BCUT2D eigenvalue weighted by Crippen LogP contribution is -2.42. The van der Waals surface area contributed by atoms with E-state index in [0.29, 0.717) is 18.4 Å². The summed E-state index contributed by atoms with van der Waals surface area (Å²) < 4.78 is 13.6. The van der Waals surface area contributed by atoms with Crippen molar-refractivity contribution >= 4 is 23.6 Å². The lowest BCUT2D eigenvalue weighted by Gasteiger charge is -2.20. The van der Waals surface area contributed by atoms with Gasteiger partial charge in [0.05, 0.1) is 5.25 Å². The fraction of sp³-hybridized carbons (Fsp3) is 0.429. The van der Waals surface area contributed by atoms with E-state index in [1.807, 2.05) is 13.8 Å². The third kappa shape index (κ3) is 3.35. The molecular weight excluding hydrogens is 265 g/mol. The molecule has 19 heavy (non-hydrogen) atoms. The van der Waals surface area contributed by atoms with Gasteiger partial charge in [-0.1, -0.05) is 13.8 Å². The third-order valence-corrected chi connectivity index (χ3v) is 4.32. The first-order valence-corrected chi connectivity index (χ1v) is 7.15. The van der Waals surface area contributed by atoms with E-state index in [2.05, 4.69) is 5.32 Å². The van der Waals surface area contributed by atoms with E-state index in [4.69, 9.17) is 0 Å². The molecule has 0 bridgehead atoms. The number of halogens is 1. The van der Waals surface area contributed by atoms with Crippen LogP contribution in [0.15, 0.2) is 23.1 Å². The molecule has 1 saturated heterocycles. The Morgan fingerprint density at radius 2 is 2.11 bits per heavy atom. The van der Waals surface area contributed by atoms with E-state index >= 15 is 0 Å². The molecule has 1 atom stereocenters. The van der Waals surface area contributed by atoms with Gasteiger partial charge in [-0.05, 0) is 36.1 Å². The minimum atomic E-state index is -0.275. The van der Waals surface area contributed by atoms with E-state index in [0.717, 1.165) is 4.90 Å². The predicted octanol–water partition coefficient (Wildman–Crippen LogP) is 2.85. The highest BCUT2D eigenvalue weighted by Crippen LogP contribution is 2.31. The number of benzene rings is 1. The zero-order chi connectivity index (χ0) is 14.0. The van der Waals surface area contributed by atoms with Crippen molar-refractivity contribution in [2.75, 3.05) is 0 Å². The molecule has 0 radical (unpaired) electrons. The normalized spacial score (nSPS) is 19.7. The first-order valence-electron chi connectivity index (χ1n) is 6.27. The maximum Gasteiger partial charge on any atom is 0.240 e. The van der Waals surface area contributed by atoms with Crippen LogP contribution in [0.2, 0.25) is 0 Å². The highest BCUT2D eigenvalue weighted by Gasteiger charge is 2.27. The van der Waals surface area contributed by atoms with Crippen molar-refractivity contribution in [1.82, 2.24) is 5.32 Å². The Morgan fingerprint density at radius 3 is 2.74 bits per heavy atom. The van der Waals surface area contributed by atoms with Crippen molar-refractivity contribution < 1.29 is 14.0 Å². The van der Waals surface area contributed by atoms with Crippen LogP contribution in [0.5, 0.6) is 0 Å². The van der Waals surface area contributed by atoms with Gasteiger partial charge in [0.2, 0.25) is 11.8 Å². The number of carbonyl (C=O) groups is 2. The van der Waals surface area contributed by atoms with Gasteiger partial charge in [0, 0.05) is 11.3 Å². The topological polar surface area (TPSA) is 46.2 Å². The smallest absolute Gasteiger partial charge is 0.240 e. The molecule has 1 heterocycles. The van der Waals surface area contributed by atoms with Crippen LogP contribution >= 0.6 is 11.8 Å². The SMILES string of the molecule is CC(C)c1cc(SC2CCC(=O)NC2=O)ccc1F. The molecule has 1 N–H and O–H groups in total. The third-order valence-electron chi connectivity index (χ3n) is 3.06. The van der Waals surface area contributed by atoms with E-state index < -0.39 is 0 Å². The molecule has 102 valence electrons. The van der Waals surface area contributed by atoms with Gasteiger partial charge < -0.3 is 0 Å². The second-order valence-corrected chi connectivity index (χ2v) is 6.17. The summed E-state index contributed by atoms with van der Waals surface area (Å²) in [6.07, 6.45) is 0.894. The summed E-state index contributed by atoms with van der Waals surface area (Å²) in [4.78, 5) is 23.6. The van der Waals surface area contributed by atoms with Crippen LogP contribution in [0.4, 0.5) is 4.39 Å². The van der Waals surface area contributed by atoms with E-state index in [1.54, 1.807) is 12.1 Å². The summed E-state index contributed by atoms with van der Waals surface area (Å²) >= 11 is 1.38. The number of nitrogens with one attached hydrogen (secondary N) is 1. The number of rotatable bonds is 3. The number of amides is 2. The summed E-state index contributed by atoms with van der Waals surface area (Å²) in [7, 11) is 0. The first kappa shape index (κ1) is 14.1. The fourth-order valence-corrected chi connectivity index (χ4v) is 3.06. The zero-order valence-electron chi connectivity index (χ0n) is 10.9. The molecule has 5 heteroatoms. The molecule has 2 amide bonds. The first-order chi connectivity index (χ1) is 8.97. The van der Waals surface area contributed by atoms with Crippen molar-refractivity contribution in [3.05, 3.63) is 29.6 Å². The van der Waals surface area contributed by atoms with Gasteiger partial charge in [0.25, 0.3) is 0 Å². The van der Waals surface area contributed by atoms with Gasteiger partial charge in [0.1, 0.15) is 5.82 Å². The average Bonchev–Trinajstić information content (AvgIpc) is 2.34. The summed E-state index contributed by atoms with van der Waals surface area (Å²) in [6.45, 7) is 3.86. The lowest BCUT2D eigenvalue weighted by atomic mass is 10.0. The molecule has 1 aromatic rings. The number of hydrogen-bond donors (Lipinski definition) is 1. The Balaban J connectivity index is 2.13. The molecule has 0 aliphatic carbocycles. The van der Waals surface area contributed by atoms with Crippen LogP contribution in [0.3, 0.4) is 0 Å². The van der Waals surface area contributed by atoms with Crippen molar-refractivity contribution in [1.29, 1.82) is 0 Å². The van der Waals surface area contributed by atoms with Gasteiger partial charge in [-0.25, -0.2) is 4.39 Å². The largest absolute Gasteiger partial charge is 0.295 e. The molecule has 1 fully saturated rings. The number of hydrogen-bond acceptors (Lipinski definition) is 3. The van der Waals surface area contributed by atoms with Crippen molar-refractivity contribution in [3.63, 3.8) is 0 Å². The molecule has 1 aliphatic rings. The minimum absolute atomic E-state index is 0.0994. The van der Waals surface area contributed by atoms with Gasteiger partial charge in [-0.2, -0.15) is 0 Å². The Hall–Kier alpha value is -1.36. The zero-order valence-corrected chi connectivity index (χ0v) is 11.7. The second-order valence-electron chi connectivity index (χ2n) is 4.90. The molecule has 2 rings (SSSR count). The Kier molecular flexibility index (Phi) is 4.24. The Labute approximate surface area is 116 Å². The summed E-state index contributed by atoms with van der Waals surface area (Å²) in [5.74, 6) is -0.592. The standard InChI is InChI=1S/C14H16FNO2S/c1-8(2)10-7-9(3-4-11(10)15)19-12-5-6-13(17)16-14(12)18/h3-4,7-8,12H,5-6H2,1-2H3,(H,16,17,18). The molecule has 0 saturated carbocycles. The van der Waals surface area contributed by atoms with Crippen LogP contribution in [-0.2, 0) is 9.59 Å². The molecule has 3 nitrogen and oxygen atoms in total. The summed E-state index contributed by atoms with van der Waals surface area (Å²) in [6, 6.07) is 4.90. The van der Waals surface area contributed by atoms with E-state index in [9.17, 15) is 14.0 Å². The van der Waals surface area contributed by atoms with E-state index in [-0.39, 0.29) is 28.8 Å². The summed E-state index contributed by atoms with van der Waals surface area (Å²) in [5, 5.41) is 2.05. The van der Waals surface area contributed by atoms with Crippen molar-refractivity contribution in [3.8, 4) is 0 Å². The van der Waals surface area contributed by atoms with Crippen LogP contribution in [-0.4, -0.2) is 17.1 Å². The van der Waals surface area contributed by atoms with E-state index in [1.165, 1.54) is 17.8 Å². The van der Waals surface area contributed by atoms with Crippen LogP contribution in [0, 0.1) is 5.82 Å². The monoisotopic (exact) mass is 281 g/mol. The van der Waals surface area contributed by atoms with Crippen LogP contribution in [0.1, 0.15) is 38.2 Å². The number of imide groups is 1.